The number of aromatic amines is 1. The van der Waals surface area contributed by atoms with E-state index in [0.717, 1.165) is 23.0 Å². The Labute approximate surface area is 156 Å². The normalized spacial score (nSPS) is 16.4. The Morgan fingerprint density at radius 3 is 2.93 bits per heavy atom. The molecule has 27 heavy (non-hydrogen) atoms. The van der Waals surface area contributed by atoms with Gasteiger partial charge in [0.15, 0.2) is 0 Å². The number of benzene rings is 2. The minimum Gasteiger partial charge on any atom is -0.445 e. The van der Waals surface area contributed by atoms with Crippen LogP contribution >= 0.6 is 0 Å². The molecule has 2 aromatic carbocycles. The lowest BCUT2D eigenvalue weighted by molar-refractivity contribution is -0.120. The first-order valence-electron chi connectivity index (χ1n) is 8.92. The molecule has 1 aliphatic rings. The molecule has 1 fully saturated rings. The van der Waals surface area contributed by atoms with Crippen molar-refractivity contribution in [3.8, 4) is 0 Å². The maximum Gasteiger partial charge on any atom is 0.410 e. The lowest BCUT2D eigenvalue weighted by Gasteiger charge is -2.23. The predicted molar refractivity (Wildman–Crippen MR) is 101 cm³/mol. The van der Waals surface area contributed by atoms with E-state index < -0.39 is 12.1 Å². The van der Waals surface area contributed by atoms with Gasteiger partial charge >= 0.3 is 6.09 Å². The molecule has 0 spiro atoms. The first kappa shape index (κ1) is 17.1. The highest BCUT2D eigenvalue weighted by molar-refractivity contribution is 5.98. The Morgan fingerprint density at radius 2 is 2.07 bits per heavy atom. The van der Waals surface area contributed by atoms with Gasteiger partial charge in [-0.3, -0.25) is 9.69 Å². The van der Waals surface area contributed by atoms with E-state index in [1.807, 2.05) is 42.5 Å². The van der Waals surface area contributed by atoms with Crippen LogP contribution in [0.5, 0.6) is 0 Å². The highest BCUT2D eigenvalue weighted by atomic mass is 16.6. The number of nitrogens with zero attached hydrogens (tertiary/aromatic N) is 2. The van der Waals surface area contributed by atoms with E-state index in [-0.39, 0.29) is 12.5 Å². The number of anilines is 1. The van der Waals surface area contributed by atoms with Gasteiger partial charge in [-0.15, -0.1) is 0 Å². The molecule has 7 nitrogen and oxygen atoms in total. The number of rotatable bonds is 4. The number of amides is 2. The van der Waals surface area contributed by atoms with Crippen molar-refractivity contribution in [3.05, 3.63) is 60.4 Å². The molecular weight excluding hydrogens is 344 g/mol. The summed E-state index contributed by atoms with van der Waals surface area (Å²) in [4.78, 5) is 33.8. The smallest absolute Gasteiger partial charge is 0.410 e. The van der Waals surface area contributed by atoms with Crippen LogP contribution in [0.15, 0.2) is 54.9 Å². The van der Waals surface area contributed by atoms with Gasteiger partial charge in [-0.25, -0.2) is 9.78 Å². The third kappa shape index (κ3) is 3.76. The highest BCUT2D eigenvalue weighted by Gasteiger charge is 2.35. The number of nitrogens with one attached hydrogen (secondary N) is 2. The number of hydrogen-bond acceptors (Lipinski definition) is 4. The molecule has 0 saturated carbocycles. The third-order valence-electron chi connectivity index (χ3n) is 4.68. The molecule has 3 aromatic rings. The second kappa shape index (κ2) is 7.49. The molecule has 1 atom stereocenters. The van der Waals surface area contributed by atoms with Crippen LogP contribution in [0, 0.1) is 0 Å². The van der Waals surface area contributed by atoms with Crippen LogP contribution in [-0.2, 0) is 16.1 Å². The lowest BCUT2D eigenvalue weighted by atomic mass is 10.2. The summed E-state index contributed by atoms with van der Waals surface area (Å²) >= 11 is 0. The molecule has 1 unspecified atom stereocenters. The van der Waals surface area contributed by atoms with Gasteiger partial charge in [-0.05, 0) is 36.6 Å². The molecular formula is C20H20N4O3. The summed E-state index contributed by atoms with van der Waals surface area (Å²) in [5.41, 5.74) is 3.26. The van der Waals surface area contributed by atoms with Crippen molar-refractivity contribution < 1.29 is 14.3 Å². The van der Waals surface area contributed by atoms with Crippen LogP contribution in [0.3, 0.4) is 0 Å². The molecule has 0 bridgehead atoms. The zero-order chi connectivity index (χ0) is 18.6. The standard InChI is InChI=1S/C20H20N4O3/c25-19(23-15-8-9-16-17(11-15)22-13-21-16)18-7-4-10-24(18)20(26)27-12-14-5-2-1-3-6-14/h1-3,5-6,8-9,11,13,18H,4,7,10,12H2,(H,21,22)(H,23,25). The van der Waals surface area contributed by atoms with E-state index in [1.165, 1.54) is 4.90 Å². The molecule has 1 saturated heterocycles. The molecule has 1 aromatic heterocycles. The number of hydrogen-bond donors (Lipinski definition) is 2. The van der Waals surface area contributed by atoms with Crippen LogP contribution < -0.4 is 5.32 Å². The fourth-order valence-electron chi connectivity index (χ4n) is 3.30. The summed E-state index contributed by atoms with van der Waals surface area (Å²) in [6, 6.07) is 14.4. The van der Waals surface area contributed by atoms with Gasteiger partial charge in [0.25, 0.3) is 0 Å². The quantitative estimate of drug-likeness (QED) is 0.744. The van der Waals surface area contributed by atoms with Crippen LogP contribution in [0.2, 0.25) is 0 Å². The lowest BCUT2D eigenvalue weighted by Crippen LogP contribution is -2.43. The van der Waals surface area contributed by atoms with Crippen LogP contribution in [-0.4, -0.2) is 39.5 Å². The number of H-pyrrole nitrogens is 1. The maximum absolute atomic E-state index is 12.7. The zero-order valence-corrected chi connectivity index (χ0v) is 14.7. The largest absolute Gasteiger partial charge is 0.445 e. The van der Waals surface area contributed by atoms with Crippen molar-refractivity contribution in [3.63, 3.8) is 0 Å². The molecule has 138 valence electrons. The van der Waals surface area contributed by atoms with Crippen LogP contribution in [0.4, 0.5) is 10.5 Å². The Bertz CT molecular complexity index is 954. The van der Waals surface area contributed by atoms with Gasteiger partial charge in [0.1, 0.15) is 12.6 Å². The van der Waals surface area contributed by atoms with Gasteiger partial charge in [0, 0.05) is 12.2 Å². The number of imidazole rings is 1. The van der Waals surface area contributed by atoms with Crippen molar-refractivity contribution in [2.45, 2.75) is 25.5 Å². The van der Waals surface area contributed by atoms with Crippen molar-refractivity contribution in [2.24, 2.45) is 0 Å². The topological polar surface area (TPSA) is 87.3 Å². The summed E-state index contributed by atoms with van der Waals surface area (Å²) in [5, 5.41) is 2.89. The summed E-state index contributed by atoms with van der Waals surface area (Å²) in [6.07, 6.45) is 2.55. The second-order valence-corrected chi connectivity index (χ2v) is 6.52. The van der Waals surface area contributed by atoms with Gasteiger partial charge in [0.05, 0.1) is 17.4 Å². The molecule has 0 aliphatic carbocycles. The van der Waals surface area contributed by atoms with E-state index in [9.17, 15) is 9.59 Å². The summed E-state index contributed by atoms with van der Waals surface area (Å²) in [7, 11) is 0. The number of likely N-dealkylation sites (tertiary alicyclic amines) is 1. The summed E-state index contributed by atoms with van der Waals surface area (Å²) in [5.74, 6) is -0.206. The molecule has 0 radical (unpaired) electrons. The monoisotopic (exact) mass is 364 g/mol. The molecule has 2 amide bonds. The SMILES string of the molecule is O=C(Nc1ccc2nc[nH]c2c1)C1CCCN1C(=O)OCc1ccccc1. The van der Waals surface area contributed by atoms with Gasteiger partial charge in [0.2, 0.25) is 5.91 Å². The van der Waals surface area contributed by atoms with Crippen LogP contribution in [0.25, 0.3) is 11.0 Å². The number of carbonyl (C=O) groups is 2. The number of fused-ring (bicyclic) bond motifs is 1. The molecule has 2 N–H and O–H groups in total. The van der Waals surface area contributed by atoms with E-state index in [2.05, 4.69) is 15.3 Å². The maximum atomic E-state index is 12.7. The number of carbonyl (C=O) groups excluding carboxylic acids is 2. The van der Waals surface area contributed by atoms with E-state index in [1.54, 1.807) is 12.4 Å². The average Bonchev–Trinajstić information content (AvgIpc) is 3.36. The number of aromatic nitrogens is 2. The first-order valence-corrected chi connectivity index (χ1v) is 8.92. The Hall–Kier alpha value is -3.35. The highest BCUT2D eigenvalue weighted by Crippen LogP contribution is 2.22. The molecule has 4 rings (SSSR count). The minimum atomic E-state index is -0.522. The predicted octanol–water partition coefficient (Wildman–Crippen LogP) is 3.30. The van der Waals surface area contributed by atoms with Crippen molar-refractivity contribution in [1.29, 1.82) is 0 Å². The van der Waals surface area contributed by atoms with Crippen molar-refractivity contribution in [2.75, 3.05) is 11.9 Å². The van der Waals surface area contributed by atoms with E-state index >= 15 is 0 Å². The first-order chi connectivity index (χ1) is 13.2. The zero-order valence-electron chi connectivity index (χ0n) is 14.7. The Morgan fingerprint density at radius 1 is 1.22 bits per heavy atom. The van der Waals surface area contributed by atoms with Gasteiger partial charge < -0.3 is 15.0 Å². The Kier molecular flexibility index (Phi) is 4.74. The second-order valence-electron chi connectivity index (χ2n) is 6.52. The average molecular weight is 364 g/mol. The number of ether oxygens (including phenoxy) is 1. The van der Waals surface area contributed by atoms with Crippen molar-refractivity contribution >= 4 is 28.7 Å². The fourth-order valence-corrected chi connectivity index (χ4v) is 3.30. The van der Waals surface area contributed by atoms with Gasteiger partial charge in [-0.1, -0.05) is 30.3 Å². The van der Waals surface area contributed by atoms with Gasteiger partial charge in [-0.2, -0.15) is 0 Å². The summed E-state index contributed by atoms with van der Waals surface area (Å²) in [6.45, 7) is 0.715. The van der Waals surface area contributed by atoms with Crippen LogP contribution in [0.1, 0.15) is 18.4 Å². The van der Waals surface area contributed by atoms with E-state index in [4.69, 9.17) is 4.74 Å². The molecule has 1 aliphatic heterocycles. The minimum absolute atomic E-state index is 0.195. The van der Waals surface area contributed by atoms with E-state index in [0.29, 0.717) is 18.7 Å². The fraction of sp³-hybridized carbons (Fsp3) is 0.250. The molecule has 7 heteroatoms. The summed E-state index contributed by atoms with van der Waals surface area (Å²) < 4.78 is 5.38. The third-order valence-corrected chi connectivity index (χ3v) is 4.68. The Balaban J connectivity index is 1.39. The molecule has 2 heterocycles. The van der Waals surface area contributed by atoms with Crippen molar-refractivity contribution in [1.82, 2.24) is 14.9 Å².